The molecule has 136 valence electrons. The lowest BCUT2D eigenvalue weighted by Crippen LogP contribution is -2.54. The van der Waals surface area contributed by atoms with Crippen LogP contribution in [0.1, 0.15) is 55.6 Å². The first-order valence-electron chi connectivity index (χ1n) is 9.82. The van der Waals surface area contributed by atoms with Gasteiger partial charge in [-0.3, -0.25) is 0 Å². The van der Waals surface area contributed by atoms with Crippen LogP contribution in [0.3, 0.4) is 0 Å². The number of amides is 2. The molecule has 0 radical (unpaired) electrons. The number of rotatable bonds is 2. The van der Waals surface area contributed by atoms with Gasteiger partial charge in [-0.1, -0.05) is 29.8 Å². The first-order valence-corrected chi connectivity index (χ1v) is 9.82. The van der Waals surface area contributed by atoms with Crippen molar-refractivity contribution in [3.63, 3.8) is 0 Å². The highest BCUT2D eigenvalue weighted by molar-refractivity contribution is 5.76. The minimum Gasteiger partial charge on any atom is -0.381 e. The predicted octanol–water partition coefficient (Wildman–Crippen LogP) is 3.94. The van der Waals surface area contributed by atoms with Crippen molar-refractivity contribution in [3.8, 4) is 0 Å². The second kappa shape index (κ2) is 6.99. The summed E-state index contributed by atoms with van der Waals surface area (Å²) in [6, 6.07) is 10.1. The number of hydrogen-bond donors (Lipinski definition) is 0. The molecular formula is C21H30N2O2. The van der Waals surface area contributed by atoms with Gasteiger partial charge in [0.15, 0.2) is 0 Å². The van der Waals surface area contributed by atoms with E-state index in [4.69, 9.17) is 4.74 Å². The van der Waals surface area contributed by atoms with Crippen LogP contribution in [0.4, 0.5) is 4.79 Å². The number of carbonyl (C=O) groups is 1. The van der Waals surface area contributed by atoms with Gasteiger partial charge in [-0.15, -0.1) is 0 Å². The first-order chi connectivity index (χ1) is 12.2. The van der Waals surface area contributed by atoms with Gasteiger partial charge in [0, 0.05) is 32.3 Å². The number of aryl methyl sites for hydroxylation is 1. The van der Waals surface area contributed by atoms with Gasteiger partial charge in [-0.25, -0.2) is 4.79 Å². The molecule has 3 aliphatic rings. The SMILES string of the molecule is COC1CCN(C(=O)N2[C@@H]3CC[C@H]2C[C@@H](c2ccc(C)cc2)C3)CC1. The lowest BCUT2D eigenvalue weighted by molar-refractivity contribution is 0.0377. The molecule has 3 saturated heterocycles. The molecule has 3 fully saturated rings. The Kier molecular flexibility index (Phi) is 4.72. The van der Waals surface area contributed by atoms with Crippen LogP contribution in [-0.2, 0) is 4.74 Å². The average Bonchev–Trinajstić information content (AvgIpc) is 2.91. The zero-order chi connectivity index (χ0) is 17.4. The molecule has 4 heteroatoms. The number of piperidine rings is 2. The van der Waals surface area contributed by atoms with Gasteiger partial charge in [-0.05, 0) is 56.9 Å². The Morgan fingerprint density at radius 2 is 1.60 bits per heavy atom. The van der Waals surface area contributed by atoms with E-state index in [9.17, 15) is 4.79 Å². The summed E-state index contributed by atoms with van der Waals surface area (Å²) in [6.45, 7) is 3.82. The van der Waals surface area contributed by atoms with Crippen LogP contribution in [0, 0.1) is 6.92 Å². The minimum atomic E-state index is 0.282. The lowest BCUT2D eigenvalue weighted by Gasteiger charge is -2.43. The molecule has 2 bridgehead atoms. The van der Waals surface area contributed by atoms with E-state index in [0.29, 0.717) is 24.1 Å². The van der Waals surface area contributed by atoms with E-state index in [-0.39, 0.29) is 6.03 Å². The van der Waals surface area contributed by atoms with E-state index < -0.39 is 0 Å². The summed E-state index contributed by atoms with van der Waals surface area (Å²) in [5.74, 6) is 0.612. The largest absolute Gasteiger partial charge is 0.381 e. The van der Waals surface area contributed by atoms with Crippen LogP contribution in [-0.4, -0.2) is 54.2 Å². The van der Waals surface area contributed by atoms with Crippen molar-refractivity contribution in [1.82, 2.24) is 9.80 Å². The third kappa shape index (κ3) is 3.29. The van der Waals surface area contributed by atoms with Gasteiger partial charge in [0.25, 0.3) is 0 Å². The average molecular weight is 342 g/mol. The van der Waals surface area contributed by atoms with E-state index in [2.05, 4.69) is 41.0 Å². The number of carbonyl (C=O) groups excluding carboxylic acids is 1. The second-order valence-corrected chi connectivity index (χ2v) is 8.08. The number of methoxy groups -OCH3 is 1. The highest BCUT2D eigenvalue weighted by atomic mass is 16.5. The maximum atomic E-state index is 13.1. The number of benzene rings is 1. The van der Waals surface area contributed by atoms with Crippen LogP contribution in [0.15, 0.2) is 24.3 Å². The Labute approximate surface area is 151 Å². The molecule has 0 aromatic heterocycles. The molecule has 4 nitrogen and oxygen atoms in total. The third-order valence-corrected chi connectivity index (χ3v) is 6.55. The summed E-state index contributed by atoms with van der Waals surface area (Å²) >= 11 is 0. The number of likely N-dealkylation sites (tertiary alicyclic amines) is 1. The molecule has 0 aliphatic carbocycles. The molecule has 1 aromatic rings. The molecule has 0 unspecified atom stereocenters. The maximum absolute atomic E-state index is 13.1. The molecule has 0 spiro atoms. The number of urea groups is 1. The van der Waals surface area contributed by atoms with Gasteiger partial charge < -0.3 is 14.5 Å². The smallest absolute Gasteiger partial charge is 0.320 e. The normalized spacial score (nSPS) is 29.9. The van der Waals surface area contributed by atoms with E-state index in [1.165, 1.54) is 24.0 Å². The topological polar surface area (TPSA) is 32.8 Å². The van der Waals surface area contributed by atoms with Crippen LogP contribution in [0.5, 0.6) is 0 Å². The highest BCUT2D eigenvalue weighted by Gasteiger charge is 2.45. The van der Waals surface area contributed by atoms with Crippen molar-refractivity contribution >= 4 is 6.03 Å². The van der Waals surface area contributed by atoms with Gasteiger partial charge in [0.05, 0.1) is 6.10 Å². The summed E-state index contributed by atoms with van der Waals surface area (Å²) < 4.78 is 5.44. The van der Waals surface area contributed by atoms with Crippen LogP contribution < -0.4 is 0 Å². The fourth-order valence-electron chi connectivity index (χ4n) is 5.05. The van der Waals surface area contributed by atoms with Crippen molar-refractivity contribution in [2.75, 3.05) is 20.2 Å². The molecule has 3 atom stereocenters. The maximum Gasteiger partial charge on any atom is 0.320 e. The van der Waals surface area contributed by atoms with Crippen molar-refractivity contribution in [3.05, 3.63) is 35.4 Å². The van der Waals surface area contributed by atoms with Gasteiger partial charge in [0.1, 0.15) is 0 Å². The summed E-state index contributed by atoms with van der Waals surface area (Å²) in [7, 11) is 1.78. The number of hydrogen-bond acceptors (Lipinski definition) is 2. The highest BCUT2D eigenvalue weighted by Crippen LogP contribution is 2.43. The molecule has 0 N–H and O–H groups in total. The van der Waals surface area contributed by atoms with E-state index in [1.807, 2.05) is 0 Å². The van der Waals surface area contributed by atoms with E-state index in [1.54, 1.807) is 7.11 Å². The molecule has 1 aromatic carbocycles. The summed E-state index contributed by atoms with van der Waals surface area (Å²) in [5, 5.41) is 0. The quantitative estimate of drug-likeness (QED) is 0.815. The van der Waals surface area contributed by atoms with Crippen LogP contribution in [0.2, 0.25) is 0 Å². The van der Waals surface area contributed by atoms with Crippen LogP contribution >= 0.6 is 0 Å². The Balaban J connectivity index is 1.42. The van der Waals surface area contributed by atoms with E-state index >= 15 is 0 Å². The third-order valence-electron chi connectivity index (χ3n) is 6.55. The molecule has 0 saturated carbocycles. The van der Waals surface area contributed by atoms with Crippen molar-refractivity contribution in [2.24, 2.45) is 0 Å². The second-order valence-electron chi connectivity index (χ2n) is 8.08. The number of ether oxygens (including phenoxy) is 1. The Hall–Kier alpha value is -1.55. The van der Waals surface area contributed by atoms with Crippen LogP contribution in [0.25, 0.3) is 0 Å². The molecule has 3 aliphatic heterocycles. The van der Waals surface area contributed by atoms with E-state index in [0.717, 1.165) is 38.8 Å². The Morgan fingerprint density at radius 1 is 1.00 bits per heavy atom. The zero-order valence-corrected chi connectivity index (χ0v) is 15.5. The summed E-state index contributed by atoms with van der Waals surface area (Å²) in [5.41, 5.74) is 2.77. The Morgan fingerprint density at radius 3 is 2.16 bits per heavy atom. The predicted molar refractivity (Wildman–Crippen MR) is 98.8 cm³/mol. The van der Waals surface area contributed by atoms with Crippen molar-refractivity contribution in [1.29, 1.82) is 0 Å². The van der Waals surface area contributed by atoms with Gasteiger partial charge >= 0.3 is 6.03 Å². The number of fused-ring (bicyclic) bond motifs is 2. The first kappa shape index (κ1) is 16.9. The van der Waals surface area contributed by atoms with Crippen molar-refractivity contribution < 1.29 is 9.53 Å². The van der Waals surface area contributed by atoms with Crippen molar-refractivity contribution in [2.45, 2.75) is 69.6 Å². The number of nitrogens with zero attached hydrogens (tertiary/aromatic N) is 2. The molecule has 2 amide bonds. The lowest BCUT2D eigenvalue weighted by atomic mass is 9.85. The monoisotopic (exact) mass is 342 g/mol. The Bertz CT molecular complexity index is 593. The minimum absolute atomic E-state index is 0.282. The fourth-order valence-corrected chi connectivity index (χ4v) is 5.05. The van der Waals surface area contributed by atoms with Gasteiger partial charge in [0.2, 0.25) is 0 Å². The molecule has 3 heterocycles. The molecule has 4 rings (SSSR count). The molecular weight excluding hydrogens is 312 g/mol. The standard InChI is InChI=1S/C21H30N2O2/c1-15-3-5-16(6-4-15)17-13-18-7-8-19(14-17)23(18)21(24)22-11-9-20(25-2)10-12-22/h3-6,17-20H,7-14H2,1-2H3/t17-,18+,19-. The summed E-state index contributed by atoms with van der Waals surface area (Å²) in [6.07, 6.45) is 6.86. The van der Waals surface area contributed by atoms with Gasteiger partial charge in [-0.2, -0.15) is 0 Å². The summed E-state index contributed by atoms with van der Waals surface area (Å²) in [4.78, 5) is 17.4. The molecule has 25 heavy (non-hydrogen) atoms. The fraction of sp³-hybridized carbons (Fsp3) is 0.667. The zero-order valence-electron chi connectivity index (χ0n) is 15.5.